The molecule has 1 unspecified atom stereocenters. The Kier molecular flexibility index (Phi) is 6.65. The summed E-state index contributed by atoms with van der Waals surface area (Å²) in [5.74, 6) is -0.514. The molecule has 2 heterocycles. The van der Waals surface area contributed by atoms with E-state index in [4.69, 9.17) is 23.2 Å². The van der Waals surface area contributed by atoms with E-state index in [2.05, 4.69) is 10.2 Å². The largest absolute Gasteiger partial charge is 0.278 e. The molecule has 0 N–H and O–H groups in total. The number of nitrogens with zero attached hydrogens (tertiary/aromatic N) is 4. The van der Waals surface area contributed by atoms with Gasteiger partial charge in [-0.2, -0.15) is 0 Å². The monoisotopic (exact) mass is 474 g/mol. The zero-order valence-corrected chi connectivity index (χ0v) is 19.1. The molecule has 0 bridgehead atoms. The predicted octanol–water partition coefficient (Wildman–Crippen LogP) is 5.20. The summed E-state index contributed by atoms with van der Waals surface area (Å²) in [7, 11) is 0. The van der Waals surface area contributed by atoms with Crippen molar-refractivity contribution in [2.24, 2.45) is 0 Å². The zero-order chi connectivity index (χ0) is 22.0. The van der Waals surface area contributed by atoms with E-state index < -0.39 is 5.25 Å². The van der Waals surface area contributed by atoms with Crippen LogP contribution in [-0.4, -0.2) is 43.3 Å². The van der Waals surface area contributed by atoms with Gasteiger partial charge in [0, 0.05) is 22.2 Å². The van der Waals surface area contributed by atoms with Gasteiger partial charge in [0.2, 0.25) is 5.91 Å². The number of carbonyl (C=O) groups is 2. The van der Waals surface area contributed by atoms with E-state index in [1.165, 1.54) is 16.7 Å². The minimum atomic E-state index is -0.428. The fourth-order valence-electron chi connectivity index (χ4n) is 3.41. The molecule has 0 saturated carbocycles. The third-order valence-electron chi connectivity index (χ3n) is 5.17. The minimum Gasteiger partial charge on any atom is -0.278 e. The van der Waals surface area contributed by atoms with Crippen molar-refractivity contribution in [3.05, 3.63) is 70.0 Å². The summed E-state index contributed by atoms with van der Waals surface area (Å²) in [6, 6.07) is 12.3. The molecule has 6 nitrogen and oxygen atoms in total. The first-order valence-corrected chi connectivity index (χ1v) is 11.5. The van der Waals surface area contributed by atoms with Gasteiger partial charge in [0.05, 0.1) is 10.9 Å². The molecule has 0 radical (unpaired) electrons. The van der Waals surface area contributed by atoms with Gasteiger partial charge < -0.3 is 0 Å². The third kappa shape index (κ3) is 4.79. The molecular formula is C22H20Cl2N4O2S. The fraction of sp³-hybridized carbons (Fsp3) is 0.273. The van der Waals surface area contributed by atoms with Crippen molar-refractivity contribution in [2.75, 3.05) is 6.54 Å². The van der Waals surface area contributed by atoms with E-state index in [-0.39, 0.29) is 11.8 Å². The van der Waals surface area contributed by atoms with E-state index in [9.17, 15) is 9.59 Å². The van der Waals surface area contributed by atoms with Crippen LogP contribution in [0.4, 0.5) is 0 Å². The van der Waals surface area contributed by atoms with Gasteiger partial charge in [0.25, 0.3) is 5.91 Å². The second kappa shape index (κ2) is 9.42. The first kappa shape index (κ1) is 21.9. The molecule has 160 valence electrons. The van der Waals surface area contributed by atoms with E-state index in [1.807, 2.05) is 25.1 Å². The van der Waals surface area contributed by atoms with Crippen LogP contribution in [-0.2, 0) is 4.79 Å². The number of hydrogen-bond acceptors (Lipinski definition) is 5. The second-order valence-electron chi connectivity index (χ2n) is 7.32. The van der Waals surface area contributed by atoms with Gasteiger partial charge in [-0.3, -0.25) is 19.1 Å². The molecule has 0 aliphatic carbocycles. The number of rotatable bonds is 4. The van der Waals surface area contributed by atoms with Crippen LogP contribution >= 0.6 is 35.0 Å². The summed E-state index contributed by atoms with van der Waals surface area (Å²) in [5.41, 5.74) is 2.24. The van der Waals surface area contributed by atoms with Crippen LogP contribution < -0.4 is 0 Å². The van der Waals surface area contributed by atoms with Gasteiger partial charge in [-0.05, 0) is 61.7 Å². The number of carbonyl (C=O) groups excluding carboxylic acids is 2. The lowest BCUT2D eigenvalue weighted by molar-refractivity contribution is -0.127. The van der Waals surface area contributed by atoms with E-state index in [1.54, 1.807) is 35.2 Å². The summed E-state index contributed by atoms with van der Waals surface area (Å²) in [6.07, 6.45) is 3.87. The first-order valence-electron chi connectivity index (χ1n) is 9.88. The Morgan fingerprint density at radius 3 is 2.65 bits per heavy atom. The summed E-state index contributed by atoms with van der Waals surface area (Å²) in [4.78, 5) is 27.6. The minimum absolute atomic E-state index is 0.209. The van der Waals surface area contributed by atoms with Crippen LogP contribution in [0.2, 0.25) is 10.0 Å². The SMILES string of the molecule is Cc1ccc(-n2cnnc2SC2CCCCN(C(=O)c3ccc(Cl)cc3)C2=O)cc1Cl. The average Bonchev–Trinajstić information content (AvgIpc) is 3.14. The maximum atomic E-state index is 13.3. The smallest absolute Gasteiger partial charge is 0.260 e. The average molecular weight is 475 g/mol. The highest BCUT2D eigenvalue weighted by Gasteiger charge is 2.33. The Labute approximate surface area is 194 Å². The number of hydrogen-bond donors (Lipinski definition) is 0. The van der Waals surface area contributed by atoms with Gasteiger partial charge in [-0.25, -0.2) is 0 Å². The highest BCUT2D eigenvalue weighted by atomic mass is 35.5. The first-order chi connectivity index (χ1) is 14.9. The molecule has 1 saturated heterocycles. The van der Waals surface area contributed by atoms with Crippen molar-refractivity contribution < 1.29 is 9.59 Å². The maximum absolute atomic E-state index is 13.3. The molecule has 0 spiro atoms. The Morgan fingerprint density at radius 1 is 1.13 bits per heavy atom. The summed E-state index contributed by atoms with van der Waals surface area (Å²) >= 11 is 13.5. The van der Waals surface area contributed by atoms with Crippen molar-refractivity contribution in [3.8, 4) is 5.69 Å². The normalized spacial score (nSPS) is 16.9. The van der Waals surface area contributed by atoms with Crippen molar-refractivity contribution in [1.29, 1.82) is 0 Å². The number of amides is 2. The molecule has 2 aromatic carbocycles. The molecular weight excluding hydrogens is 455 g/mol. The molecule has 1 aliphatic rings. The molecule has 31 heavy (non-hydrogen) atoms. The van der Waals surface area contributed by atoms with Crippen LogP contribution in [0.5, 0.6) is 0 Å². The highest BCUT2D eigenvalue weighted by molar-refractivity contribution is 8.00. The molecule has 3 aromatic rings. The topological polar surface area (TPSA) is 68.1 Å². The van der Waals surface area contributed by atoms with Gasteiger partial charge in [-0.15, -0.1) is 10.2 Å². The Balaban J connectivity index is 1.57. The quantitative estimate of drug-likeness (QED) is 0.486. The summed E-state index contributed by atoms with van der Waals surface area (Å²) in [6.45, 7) is 2.34. The fourth-order valence-corrected chi connectivity index (χ4v) is 4.84. The Morgan fingerprint density at radius 2 is 1.90 bits per heavy atom. The van der Waals surface area contributed by atoms with Gasteiger partial charge >= 0.3 is 0 Å². The third-order valence-corrected chi connectivity index (χ3v) is 7.04. The number of likely N-dealkylation sites (tertiary alicyclic amines) is 1. The van der Waals surface area contributed by atoms with E-state index in [0.29, 0.717) is 33.7 Å². The molecule has 1 aromatic heterocycles. The van der Waals surface area contributed by atoms with Gasteiger partial charge in [0.1, 0.15) is 6.33 Å². The lowest BCUT2D eigenvalue weighted by atomic mass is 10.2. The molecule has 2 amide bonds. The standard InChI is InChI=1S/C22H20Cl2N4O2S/c1-14-5-10-17(12-18(14)24)28-13-25-26-22(28)31-19-4-2-3-11-27(21(19)30)20(29)15-6-8-16(23)9-7-15/h5-10,12-13,19H,2-4,11H2,1H3. The van der Waals surface area contributed by atoms with Gasteiger partial charge in [0.15, 0.2) is 5.16 Å². The number of halogens is 2. The summed E-state index contributed by atoms with van der Waals surface area (Å²) in [5, 5.41) is 9.57. The van der Waals surface area contributed by atoms with Crippen LogP contribution in [0.15, 0.2) is 53.9 Å². The predicted molar refractivity (Wildman–Crippen MR) is 122 cm³/mol. The molecule has 1 aliphatic heterocycles. The van der Waals surface area contributed by atoms with Crippen molar-refractivity contribution >= 4 is 46.8 Å². The lowest BCUT2D eigenvalue weighted by Gasteiger charge is -2.22. The maximum Gasteiger partial charge on any atom is 0.260 e. The van der Waals surface area contributed by atoms with Crippen LogP contribution in [0, 0.1) is 6.92 Å². The number of aryl methyl sites for hydroxylation is 1. The van der Waals surface area contributed by atoms with E-state index >= 15 is 0 Å². The Bertz CT molecular complexity index is 1120. The highest BCUT2D eigenvalue weighted by Crippen LogP contribution is 2.31. The second-order valence-corrected chi connectivity index (χ2v) is 9.33. The van der Waals surface area contributed by atoms with Crippen molar-refractivity contribution in [3.63, 3.8) is 0 Å². The number of thioether (sulfide) groups is 1. The molecule has 9 heteroatoms. The Hall–Kier alpha value is -2.35. The van der Waals surface area contributed by atoms with Gasteiger partial charge in [-0.1, -0.05) is 47.5 Å². The molecule has 4 rings (SSSR count). The van der Waals surface area contributed by atoms with Crippen LogP contribution in [0.3, 0.4) is 0 Å². The molecule has 1 atom stereocenters. The molecule has 1 fully saturated rings. The number of aromatic nitrogens is 3. The zero-order valence-electron chi connectivity index (χ0n) is 16.8. The lowest BCUT2D eigenvalue weighted by Crippen LogP contribution is -2.41. The number of benzene rings is 2. The van der Waals surface area contributed by atoms with Crippen LogP contribution in [0.1, 0.15) is 35.2 Å². The van der Waals surface area contributed by atoms with Crippen molar-refractivity contribution in [2.45, 2.75) is 36.6 Å². The van der Waals surface area contributed by atoms with E-state index in [0.717, 1.165) is 24.1 Å². The van der Waals surface area contributed by atoms with Crippen molar-refractivity contribution in [1.82, 2.24) is 19.7 Å². The van der Waals surface area contributed by atoms with Crippen LogP contribution in [0.25, 0.3) is 5.69 Å². The number of imide groups is 1. The summed E-state index contributed by atoms with van der Waals surface area (Å²) < 4.78 is 1.81.